The Balaban J connectivity index is 2.13. The number of likely N-dealkylation sites (tertiary alicyclic amines) is 1. The highest BCUT2D eigenvalue weighted by Gasteiger charge is 2.25. The van der Waals surface area contributed by atoms with Gasteiger partial charge in [0, 0.05) is 20.1 Å². The number of rotatable bonds is 6. The summed E-state index contributed by atoms with van der Waals surface area (Å²) < 4.78 is 32.5. The number of methoxy groups -OCH3 is 1. The van der Waals surface area contributed by atoms with Crippen molar-refractivity contribution in [3.05, 3.63) is 23.3 Å². The SMILES string of the molecule is COc1cc(C)c(S(=O)(=O)N(C)CCN2CCCCC2)c(C)c1. The maximum atomic E-state index is 12.9. The second-order valence-electron chi connectivity index (χ2n) is 6.32. The van der Waals surface area contributed by atoms with Crippen LogP contribution in [0.2, 0.25) is 0 Å². The summed E-state index contributed by atoms with van der Waals surface area (Å²) in [5.74, 6) is 0.690. The van der Waals surface area contributed by atoms with Gasteiger partial charge in [0.1, 0.15) is 5.75 Å². The molecule has 0 radical (unpaired) electrons. The molecule has 1 aromatic rings. The monoisotopic (exact) mass is 340 g/mol. The Morgan fingerprint density at radius 1 is 1.13 bits per heavy atom. The van der Waals surface area contributed by atoms with E-state index in [1.807, 2.05) is 13.8 Å². The molecule has 1 aliphatic rings. The van der Waals surface area contributed by atoms with Crippen LogP contribution in [0.3, 0.4) is 0 Å². The molecule has 6 heteroatoms. The summed E-state index contributed by atoms with van der Waals surface area (Å²) in [6, 6.07) is 3.55. The molecule has 23 heavy (non-hydrogen) atoms. The lowest BCUT2D eigenvalue weighted by Gasteiger charge is -2.28. The number of hydrogen-bond donors (Lipinski definition) is 0. The topological polar surface area (TPSA) is 49.9 Å². The maximum absolute atomic E-state index is 12.9. The molecule has 1 fully saturated rings. The largest absolute Gasteiger partial charge is 0.497 e. The first-order valence-electron chi connectivity index (χ1n) is 8.20. The fraction of sp³-hybridized carbons (Fsp3) is 0.647. The van der Waals surface area contributed by atoms with E-state index in [4.69, 9.17) is 4.74 Å². The molecule has 130 valence electrons. The van der Waals surface area contributed by atoms with Crippen molar-refractivity contribution in [2.75, 3.05) is 40.3 Å². The molecule has 0 amide bonds. The van der Waals surface area contributed by atoms with Gasteiger partial charge in [-0.05, 0) is 63.0 Å². The van der Waals surface area contributed by atoms with E-state index in [-0.39, 0.29) is 0 Å². The molecule has 1 saturated heterocycles. The van der Waals surface area contributed by atoms with E-state index < -0.39 is 10.0 Å². The van der Waals surface area contributed by atoms with Crippen molar-refractivity contribution in [2.24, 2.45) is 0 Å². The van der Waals surface area contributed by atoms with Crippen molar-refractivity contribution >= 4 is 10.0 Å². The predicted molar refractivity (Wildman–Crippen MR) is 92.6 cm³/mol. The zero-order valence-corrected chi connectivity index (χ0v) is 15.4. The van der Waals surface area contributed by atoms with Crippen LogP contribution < -0.4 is 4.74 Å². The molecule has 0 N–H and O–H groups in total. The van der Waals surface area contributed by atoms with E-state index >= 15 is 0 Å². The van der Waals surface area contributed by atoms with Crippen molar-refractivity contribution in [1.82, 2.24) is 9.21 Å². The van der Waals surface area contributed by atoms with Gasteiger partial charge in [-0.1, -0.05) is 6.42 Å². The smallest absolute Gasteiger partial charge is 0.243 e. The molecule has 1 aliphatic heterocycles. The molecule has 5 nitrogen and oxygen atoms in total. The number of likely N-dealkylation sites (N-methyl/N-ethyl adjacent to an activating group) is 1. The average Bonchev–Trinajstić information content (AvgIpc) is 2.52. The Morgan fingerprint density at radius 2 is 1.70 bits per heavy atom. The quantitative estimate of drug-likeness (QED) is 0.798. The number of hydrogen-bond acceptors (Lipinski definition) is 4. The molecule has 1 heterocycles. The summed E-state index contributed by atoms with van der Waals surface area (Å²) >= 11 is 0. The molecule has 0 spiro atoms. The van der Waals surface area contributed by atoms with Crippen LogP contribution >= 0.6 is 0 Å². The Morgan fingerprint density at radius 3 is 2.22 bits per heavy atom. The molecule has 0 atom stereocenters. The average molecular weight is 340 g/mol. The third kappa shape index (κ3) is 4.25. The first kappa shape index (κ1) is 18.2. The second kappa shape index (κ2) is 7.64. The fourth-order valence-electron chi connectivity index (χ4n) is 3.18. The Labute approximate surface area is 140 Å². The number of aryl methyl sites for hydroxylation is 2. The minimum atomic E-state index is -3.48. The number of sulfonamides is 1. The first-order valence-corrected chi connectivity index (χ1v) is 9.64. The highest BCUT2D eigenvalue weighted by molar-refractivity contribution is 7.89. The number of benzene rings is 1. The summed E-state index contributed by atoms with van der Waals surface area (Å²) in [7, 11) is -0.216. The van der Waals surface area contributed by atoms with Gasteiger partial charge in [0.05, 0.1) is 12.0 Å². The van der Waals surface area contributed by atoms with Crippen LogP contribution in [-0.4, -0.2) is 58.0 Å². The van der Waals surface area contributed by atoms with Crippen molar-refractivity contribution in [2.45, 2.75) is 38.0 Å². The first-order chi connectivity index (χ1) is 10.9. The van der Waals surface area contributed by atoms with Crippen LogP contribution in [0, 0.1) is 13.8 Å². The van der Waals surface area contributed by atoms with E-state index in [1.165, 1.54) is 23.6 Å². The molecular formula is C17H28N2O3S. The summed E-state index contributed by atoms with van der Waals surface area (Å²) in [5.41, 5.74) is 1.46. The standard InChI is InChI=1S/C17H28N2O3S/c1-14-12-16(22-4)13-15(2)17(14)23(20,21)18(3)10-11-19-8-6-5-7-9-19/h12-13H,5-11H2,1-4H3. The summed E-state index contributed by atoms with van der Waals surface area (Å²) in [6.45, 7) is 7.11. The molecule has 1 aromatic carbocycles. The van der Waals surface area contributed by atoms with E-state index in [1.54, 1.807) is 26.3 Å². The van der Waals surface area contributed by atoms with Crippen LogP contribution in [-0.2, 0) is 10.0 Å². The predicted octanol–water partition coefficient (Wildman–Crippen LogP) is 2.42. The van der Waals surface area contributed by atoms with Crippen molar-refractivity contribution in [1.29, 1.82) is 0 Å². The van der Waals surface area contributed by atoms with Gasteiger partial charge in [-0.15, -0.1) is 0 Å². The minimum Gasteiger partial charge on any atom is -0.497 e. The van der Waals surface area contributed by atoms with Crippen molar-refractivity contribution in [3.63, 3.8) is 0 Å². The normalized spacial score (nSPS) is 16.7. The van der Waals surface area contributed by atoms with Gasteiger partial charge in [0.25, 0.3) is 0 Å². The fourth-order valence-corrected chi connectivity index (χ4v) is 4.74. The van der Waals surface area contributed by atoms with Crippen molar-refractivity contribution in [3.8, 4) is 5.75 Å². The molecule has 0 unspecified atom stereocenters. The van der Waals surface area contributed by atoms with Gasteiger partial charge >= 0.3 is 0 Å². The number of piperidine rings is 1. The lowest BCUT2D eigenvalue weighted by molar-refractivity contribution is 0.218. The summed E-state index contributed by atoms with van der Waals surface area (Å²) in [6.07, 6.45) is 3.72. The van der Waals surface area contributed by atoms with Crippen LogP contribution in [0.25, 0.3) is 0 Å². The lowest BCUT2D eigenvalue weighted by atomic mass is 10.1. The van der Waals surface area contributed by atoms with Gasteiger partial charge in [-0.25, -0.2) is 8.42 Å². The van der Waals surface area contributed by atoms with Crippen LogP contribution in [0.4, 0.5) is 0 Å². The zero-order valence-electron chi connectivity index (χ0n) is 14.6. The zero-order chi connectivity index (χ0) is 17.0. The van der Waals surface area contributed by atoms with Gasteiger partial charge in [0.15, 0.2) is 0 Å². The molecule has 0 saturated carbocycles. The maximum Gasteiger partial charge on any atom is 0.243 e. The summed E-state index contributed by atoms with van der Waals surface area (Å²) in [4.78, 5) is 2.75. The van der Waals surface area contributed by atoms with Crippen LogP contribution in [0.5, 0.6) is 5.75 Å². The van der Waals surface area contributed by atoms with Crippen LogP contribution in [0.15, 0.2) is 17.0 Å². The highest BCUT2D eigenvalue weighted by Crippen LogP contribution is 2.27. The minimum absolute atomic E-state index is 0.402. The molecule has 0 aliphatic carbocycles. The van der Waals surface area contributed by atoms with Gasteiger partial charge in [-0.3, -0.25) is 0 Å². The van der Waals surface area contributed by atoms with Gasteiger partial charge in [0.2, 0.25) is 10.0 Å². The van der Waals surface area contributed by atoms with Crippen molar-refractivity contribution < 1.29 is 13.2 Å². The van der Waals surface area contributed by atoms with E-state index in [9.17, 15) is 8.42 Å². The van der Waals surface area contributed by atoms with Gasteiger partial charge < -0.3 is 9.64 Å². The Bertz CT molecular complexity index is 614. The lowest BCUT2D eigenvalue weighted by Crippen LogP contribution is -2.39. The molecule has 2 rings (SSSR count). The summed E-state index contributed by atoms with van der Waals surface area (Å²) in [5, 5.41) is 0. The highest BCUT2D eigenvalue weighted by atomic mass is 32.2. The van der Waals surface area contributed by atoms with E-state index in [2.05, 4.69) is 4.90 Å². The Hall–Kier alpha value is -1.11. The van der Waals surface area contributed by atoms with Crippen LogP contribution in [0.1, 0.15) is 30.4 Å². The third-order valence-corrected chi connectivity index (χ3v) is 6.68. The third-order valence-electron chi connectivity index (χ3n) is 4.52. The molecule has 0 bridgehead atoms. The second-order valence-corrected chi connectivity index (χ2v) is 8.30. The molecular weight excluding hydrogens is 312 g/mol. The number of ether oxygens (including phenoxy) is 1. The van der Waals surface area contributed by atoms with Gasteiger partial charge in [-0.2, -0.15) is 4.31 Å². The molecule has 0 aromatic heterocycles. The Kier molecular flexibility index (Phi) is 6.06. The number of nitrogens with zero attached hydrogens (tertiary/aromatic N) is 2. The van der Waals surface area contributed by atoms with E-state index in [0.29, 0.717) is 17.2 Å². The van der Waals surface area contributed by atoms with E-state index in [0.717, 1.165) is 30.8 Å².